The van der Waals surface area contributed by atoms with E-state index in [1.54, 1.807) is 6.07 Å². The lowest BCUT2D eigenvalue weighted by molar-refractivity contribution is -0.150. The second-order valence-corrected chi connectivity index (χ2v) is 3.18. The fourth-order valence-electron chi connectivity index (χ4n) is 1.14. The van der Waals surface area contributed by atoms with E-state index in [0.717, 1.165) is 0 Å². The molecule has 1 aromatic carbocycles. The van der Waals surface area contributed by atoms with Crippen LogP contribution >= 0.6 is 11.6 Å². The molecule has 0 saturated heterocycles. The minimum atomic E-state index is -1.30. The number of rotatable bonds is 5. The third kappa shape index (κ3) is 3.18. The lowest BCUT2D eigenvalue weighted by Gasteiger charge is -2.13. The van der Waals surface area contributed by atoms with Gasteiger partial charge in [-0.3, -0.25) is 0 Å². The molecule has 0 aliphatic rings. The maximum Gasteiger partial charge on any atom is 0.337 e. The monoisotopic (exact) mass is 232 g/mol. The van der Waals surface area contributed by atoms with Gasteiger partial charge < -0.3 is 9.84 Å². The van der Waals surface area contributed by atoms with Gasteiger partial charge in [-0.25, -0.2) is 9.18 Å². The van der Waals surface area contributed by atoms with Crippen molar-refractivity contribution in [3.63, 3.8) is 0 Å². The molecule has 15 heavy (non-hydrogen) atoms. The van der Waals surface area contributed by atoms with Crippen molar-refractivity contribution in [2.75, 3.05) is 12.5 Å². The Hall–Kier alpha value is -1.13. The third-order valence-electron chi connectivity index (χ3n) is 1.77. The number of halogens is 2. The maximum absolute atomic E-state index is 13.3. The minimum absolute atomic E-state index is 0.00937. The van der Waals surface area contributed by atoms with Gasteiger partial charge in [0, 0.05) is 11.4 Å². The van der Waals surface area contributed by atoms with Gasteiger partial charge in [-0.05, 0) is 6.07 Å². The highest BCUT2D eigenvalue weighted by molar-refractivity contribution is 6.17. The molecule has 82 valence electrons. The fourth-order valence-corrected chi connectivity index (χ4v) is 1.23. The Morgan fingerprint density at radius 3 is 2.73 bits per heavy atom. The maximum atomic E-state index is 13.3. The smallest absolute Gasteiger partial charge is 0.337 e. The number of carbonyl (C=O) groups is 1. The van der Waals surface area contributed by atoms with Gasteiger partial charge in [-0.15, -0.1) is 11.6 Å². The van der Waals surface area contributed by atoms with Crippen molar-refractivity contribution in [3.05, 3.63) is 35.6 Å². The van der Waals surface area contributed by atoms with Crippen LogP contribution < -0.4 is 0 Å². The molecule has 0 fully saturated rings. The molecular formula is C10H10ClFO3. The Bertz CT molecular complexity index is 343. The molecular weight excluding hydrogens is 223 g/mol. The van der Waals surface area contributed by atoms with Crippen LogP contribution in [0.4, 0.5) is 4.39 Å². The van der Waals surface area contributed by atoms with Crippen LogP contribution in [0.2, 0.25) is 0 Å². The lowest BCUT2D eigenvalue weighted by atomic mass is 10.1. The topological polar surface area (TPSA) is 46.5 Å². The largest absolute Gasteiger partial charge is 0.479 e. The predicted octanol–water partition coefficient (Wildman–Crippen LogP) is 2.21. The number of ether oxygens (including phenoxy) is 1. The molecule has 0 heterocycles. The molecule has 0 amide bonds. The van der Waals surface area contributed by atoms with Crippen molar-refractivity contribution in [1.82, 2.24) is 0 Å². The second kappa shape index (κ2) is 5.68. The van der Waals surface area contributed by atoms with E-state index in [-0.39, 0.29) is 18.1 Å². The molecule has 1 aromatic rings. The van der Waals surface area contributed by atoms with Crippen molar-refractivity contribution in [2.24, 2.45) is 0 Å². The van der Waals surface area contributed by atoms with Gasteiger partial charge in [-0.2, -0.15) is 0 Å². The predicted molar refractivity (Wildman–Crippen MR) is 53.4 cm³/mol. The Balaban J connectivity index is 2.89. The van der Waals surface area contributed by atoms with E-state index in [0.29, 0.717) is 0 Å². The molecule has 0 aliphatic carbocycles. The van der Waals surface area contributed by atoms with Crippen LogP contribution in [-0.2, 0) is 9.53 Å². The average Bonchev–Trinajstić information content (AvgIpc) is 2.20. The standard InChI is InChI=1S/C10H10ClFO3/c11-5-6-15-9(10(13)14)7-3-1-2-4-8(7)12/h1-4,9H,5-6H2,(H,13,14). The van der Waals surface area contributed by atoms with Gasteiger partial charge in [0.1, 0.15) is 5.82 Å². The van der Waals surface area contributed by atoms with Crippen LogP contribution in [0.1, 0.15) is 11.7 Å². The molecule has 1 atom stereocenters. The van der Waals surface area contributed by atoms with Gasteiger partial charge in [-0.1, -0.05) is 18.2 Å². The first kappa shape index (κ1) is 11.9. The number of carboxylic acid groups (broad SMARTS) is 1. The van der Waals surface area contributed by atoms with Crippen molar-refractivity contribution in [1.29, 1.82) is 0 Å². The highest BCUT2D eigenvalue weighted by atomic mass is 35.5. The van der Waals surface area contributed by atoms with E-state index in [2.05, 4.69) is 0 Å². The molecule has 5 heteroatoms. The first-order chi connectivity index (χ1) is 7.16. The number of carboxylic acids is 1. The summed E-state index contributed by atoms with van der Waals surface area (Å²) in [5, 5.41) is 8.84. The summed E-state index contributed by atoms with van der Waals surface area (Å²) in [5.74, 6) is -1.66. The fraction of sp³-hybridized carbons (Fsp3) is 0.300. The summed E-state index contributed by atoms with van der Waals surface area (Å²) in [7, 11) is 0. The van der Waals surface area contributed by atoms with Gasteiger partial charge in [0.05, 0.1) is 6.61 Å². The average molecular weight is 233 g/mol. The van der Waals surface area contributed by atoms with E-state index in [1.807, 2.05) is 0 Å². The summed E-state index contributed by atoms with van der Waals surface area (Å²) < 4.78 is 18.2. The van der Waals surface area contributed by atoms with Crippen LogP contribution in [0.25, 0.3) is 0 Å². The van der Waals surface area contributed by atoms with Crippen molar-refractivity contribution >= 4 is 17.6 Å². The second-order valence-electron chi connectivity index (χ2n) is 2.80. The minimum Gasteiger partial charge on any atom is -0.479 e. The van der Waals surface area contributed by atoms with Gasteiger partial charge >= 0.3 is 5.97 Å². The van der Waals surface area contributed by atoms with E-state index >= 15 is 0 Å². The number of hydrogen-bond acceptors (Lipinski definition) is 2. The molecule has 0 aliphatic heterocycles. The Morgan fingerprint density at radius 1 is 1.53 bits per heavy atom. The zero-order valence-electron chi connectivity index (χ0n) is 7.82. The number of alkyl halides is 1. The molecule has 3 nitrogen and oxygen atoms in total. The molecule has 0 radical (unpaired) electrons. The van der Waals surface area contributed by atoms with E-state index in [4.69, 9.17) is 21.4 Å². The normalized spacial score (nSPS) is 12.4. The van der Waals surface area contributed by atoms with Crippen LogP contribution in [0, 0.1) is 5.82 Å². The summed E-state index contributed by atoms with van der Waals surface area (Å²) in [5.41, 5.74) is 0.00937. The summed E-state index contributed by atoms with van der Waals surface area (Å²) in [6, 6.07) is 5.61. The van der Waals surface area contributed by atoms with Crippen LogP contribution in [0.15, 0.2) is 24.3 Å². The van der Waals surface area contributed by atoms with Gasteiger partial charge in [0.2, 0.25) is 0 Å². The van der Waals surface area contributed by atoms with Gasteiger partial charge in [0.15, 0.2) is 6.10 Å². The first-order valence-corrected chi connectivity index (χ1v) is 4.85. The molecule has 0 spiro atoms. The van der Waals surface area contributed by atoms with E-state index in [1.165, 1.54) is 18.2 Å². The lowest BCUT2D eigenvalue weighted by Crippen LogP contribution is -2.17. The summed E-state index contributed by atoms with van der Waals surface area (Å²) in [4.78, 5) is 10.8. The Labute approximate surface area is 91.4 Å². The van der Waals surface area contributed by atoms with E-state index < -0.39 is 17.9 Å². The highest BCUT2D eigenvalue weighted by Gasteiger charge is 2.23. The third-order valence-corrected chi connectivity index (χ3v) is 1.93. The summed E-state index contributed by atoms with van der Waals surface area (Å²) >= 11 is 5.37. The summed E-state index contributed by atoms with van der Waals surface area (Å²) in [6.45, 7) is 0.0624. The number of benzene rings is 1. The molecule has 1 N–H and O–H groups in total. The molecule has 1 unspecified atom stereocenters. The van der Waals surface area contributed by atoms with Crippen molar-refractivity contribution in [2.45, 2.75) is 6.10 Å². The van der Waals surface area contributed by atoms with Crippen molar-refractivity contribution in [3.8, 4) is 0 Å². The molecule has 0 saturated carbocycles. The molecule has 1 rings (SSSR count). The Morgan fingerprint density at radius 2 is 2.20 bits per heavy atom. The zero-order chi connectivity index (χ0) is 11.3. The first-order valence-electron chi connectivity index (χ1n) is 4.31. The van der Waals surface area contributed by atoms with Crippen molar-refractivity contribution < 1.29 is 19.0 Å². The SMILES string of the molecule is O=C(O)C(OCCCl)c1ccccc1F. The quantitative estimate of drug-likeness (QED) is 0.792. The van der Waals surface area contributed by atoms with Crippen LogP contribution in [0.5, 0.6) is 0 Å². The Kier molecular flexibility index (Phi) is 4.52. The molecule has 0 aromatic heterocycles. The number of hydrogen-bond donors (Lipinski definition) is 1. The van der Waals surface area contributed by atoms with E-state index in [9.17, 15) is 9.18 Å². The number of aliphatic carboxylic acids is 1. The van der Waals surface area contributed by atoms with Crippen LogP contribution in [0.3, 0.4) is 0 Å². The zero-order valence-corrected chi connectivity index (χ0v) is 8.58. The van der Waals surface area contributed by atoms with Crippen LogP contribution in [-0.4, -0.2) is 23.6 Å². The summed E-state index contributed by atoms with van der Waals surface area (Å²) in [6.07, 6.45) is -1.30. The van der Waals surface area contributed by atoms with Gasteiger partial charge in [0.25, 0.3) is 0 Å². The highest BCUT2D eigenvalue weighted by Crippen LogP contribution is 2.20. The molecule has 0 bridgehead atoms.